The van der Waals surface area contributed by atoms with Gasteiger partial charge in [-0.05, 0) is 18.9 Å². The summed E-state index contributed by atoms with van der Waals surface area (Å²) in [5.41, 5.74) is 2.54. The van der Waals surface area contributed by atoms with E-state index in [0.717, 1.165) is 16.1 Å². The van der Waals surface area contributed by atoms with Gasteiger partial charge in [0.05, 0.1) is 16.2 Å². The quantitative estimate of drug-likeness (QED) is 0.681. The average molecular weight is 396 g/mol. The zero-order chi connectivity index (χ0) is 17.6. The first kappa shape index (κ1) is 16.6. The summed E-state index contributed by atoms with van der Waals surface area (Å²) in [6.45, 7) is 2.50. The van der Waals surface area contributed by atoms with Crippen LogP contribution < -0.4 is 0 Å². The first-order valence-electron chi connectivity index (χ1n) is 7.56. The van der Waals surface area contributed by atoms with Crippen molar-refractivity contribution in [3.8, 4) is 0 Å². The molecule has 10 heteroatoms. The van der Waals surface area contributed by atoms with Crippen molar-refractivity contribution in [3.05, 3.63) is 46.5 Å². The highest BCUT2D eigenvalue weighted by Crippen LogP contribution is 2.31. The molecule has 1 aliphatic heterocycles. The van der Waals surface area contributed by atoms with Crippen LogP contribution in [0, 0.1) is 6.92 Å². The molecule has 0 N–H and O–H groups in total. The van der Waals surface area contributed by atoms with Gasteiger partial charge in [0.2, 0.25) is 0 Å². The molecule has 3 aromatic heterocycles. The van der Waals surface area contributed by atoms with Crippen molar-refractivity contribution in [2.45, 2.75) is 17.6 Å². The van der Waals surface area contributed by atoms with Crippen LogP contribution >= 0.6 is 22.9 Å². The fourth-order valence-electron chi connectivity index (χ4n) is 2.77. The molecule has 25 heavy (non-hydrogen) atoms. The molecule has 0 bridgehead atoms. The monoisotopic (exact) mass is 395 g/mol. The van der Waals surface area contributed by atoms with Gasteiger partial charge in [-0.2, -0.15) is 9.40 Å². The van der Waals surface area contributed by atoms with Gasteiger partial charge < -0.3 is 0 Å². The van der Waals surface area contributed by atoms with Crippen molar-refractivity contribution < 1.29 is 8.42 Å². The predicted molar refractivity (Wildman–Crippen MR) is 96.2 cm³/mol. The molecule has 0 aliphatic carbocycles. The zero-order valence-electron chi connectivity index (χ0n) is 13.3. The van der Waals surface area contributed by atoms with E-state index in [2.05, 4.69) is 15.1 Å². The molecular weight excluding hydrogens is 382 g/mol. The Bertz CT molecular complexity index is 1090. The Hall–Kier alpha value is -1.81. The molecule has 0 fully saturated rings. The number of sulfonamides is 1. The number of aromatic nitrogens is 4. The van der Waals surface area contributed by atoms with Crippen LogP contribution in [-0.2, 0) is 10.0 Å². The Labute approximate surface area is 153 Å². The second kappa shape index (κ2) is 6.17. The highest BCUT2D eigenvalue weighted by Gasteiger charge is 2.28. The molecule has 0 saturated carbocycles. The number of rotatable bonds is 3. The minimum Gasteiger partial charge on any atom is -0.249 e. The van der Waals surface area contributed by atoms with Gasteiger partial charge in [-0.1, -0.05) is 17.7 Å². The number of hydrogen-bond acceptors (Lipinski definition) is 6. The van der Waals surface area contributed by atoms with Gasteiger partial charge in [-0.3, -0.25) is 0 Å². The number of hydrogen-bond donors (Lipinski definition) is 0. The van der Waals surface area contributed by atoms with Gasteiger partial charge in [0.25, 0.3) is 10.0 Å². The second-order valence-electron chi connectivity index (χ2n) is 5.64. The lowest BCUT2D eigenvalue weighted by Gasteiger charge is -2.25. The molecule has 7 nitrogen and oxygen atoms in total. The minimum absolute atomic E-state index is 0.281. The maximum atomic E-state index is 12.7. The molecule has 4 rings (SSSR count). The van der Waals surface area contributed by atoms with E-state index >= 15 is 0 Å². The number of nitrogens with zero attached hydrogens (tertiary/aromatic N) is 5. The average Bonchev–Trinajstić information content (AvgIpc) is 3.23. The molecule has 0 amide bonds. The number of halogens is 1. The number of aryl methyl sites for hydroxylation is 1. The SMILES string of the molecule is Cc1ncc(S(=O)(=O)N2CC=C(c3cn4ncnc4cc3Cl)CC2)s1. The van der Waals surface area contributed by atoms with Crippen LogP contribution in [0.1, 0.15) is 17.0 Å². The Morgan fingerprint density at radius 2 is 2.16 bits per heavy atom. The summed E-state index contributed by atoms with van der Waals surface area (Å²) < 4.78 is 28.7. The Kier molecular flexibility index (Phi) is 4.11. The van der Waals surface area contributed by atoms with E-state index in [-0.39, 0.29) is 4.21 Å². The van der Waals surface area contributed by atoms with Gasteiger partial charge >= 0.3 is 0 Å². The highest BCUT2D eigenvalue weighted by molar-refractivity contribution is 7.91. The molecule has 0 saturated heterocycles. The molecule has 4 heterocycles. The smallest absolute Gasteiger partial charge is 0.249 e. The molecule has 0 aromatic carbocycles. The Morgan fingerprint density at radius 3 is 2.84 bits per heavy atom. The maximum absolute atomic E-state index is 12.7. The van der Waals surface area contributed by atoms with E-state index in [4.69, 9.17) is 11.6 Å². The summed E-state index contributed by atoms with van der Waals surface area (Å²) in [6.07, 6.45) is 7.20. The van der Waals surface area contributed by atoms with Crippen LogP contribution in [0.25, 0.3) is 11.2 Å². The Balaban J connectivity index is 1.62. The van der Waals surface area contributed by atoms with E-state index < -0.39 is 10.0 Å². The highest BCUT2D eigenvalue weighted by atomic mass is 35.5. The van der Waals surface area contributed by atoms with Crippen LogP contribution in [0.2, 0.25) is 5.02 Å². The molecule has 0 spiro atoms. The molecular formula is C15H14ClN5O2S2. The normalized spacial score (nSPS) is 16.3. The Morgan fingerprint density at radius 1 is 1.32 bits per heavy atom. The standard InChI is InChI=1S/C15H14ClN5O2S2/c1-10-17-7-15(24-10)25(22,23)20-4-2-11(3-5-20)12-8-21-14(6-13(12)16)18-9-19-21/h2,6-9H,3-5H2,1H3. The van der Waals surface area contributed by atoms with Crippen molar-refractivity contribution in [1.29, 1.82) is 0 Å². The van der Waals surface area contributed by atoms with Crippen LogP contribution in [-0.4, -0.2) is 45.4 Å². The zero-order valence-corrected chi connectivity index (χ0v) is 15.6. The molecule has 0 radical (unpaired) electrons. The van der Waals surface area contributed by atoms with Gasteiger partial charge in [0, 0.05) is 30.9 Å². The number of thiazole rings is 1. The first-order chi connectivity index (χ1) is 11.9. The molecule has 0 unspecified atom stereocenters. The van der Waals surface area contributed by atoms with Crippen LogP contribution in [0.4, 0.5) is 0 Å². The molecule has 0 atom stereocenters. The van der Waals surface area contributed by atoms with E-state index in [1.54, 1.807) is 17.5 Å². The van der Waals surface area contributed by atoms with Crippen LogP contribution in [0.5, 0.6) is 0 Å². The second-order valence-corrected chi connectivity index (χ2v) is 9.45. The predicted octanol–water partition coefficient (Wildman–Crippen LogP) is 2.63. The van der Waals surface area contributed by atoms with Gasteiger partial charge in [-0.15, -0.1) is 11.3 Å². The lowest BCUT2D eigenvalue weighted by atomic mass is 10.0. The fraction of sp³-hybridized carbons (Fsp3) is 0.267. The van der Waals surface area contributed by atoms with E-state index in [1.807, 2.05) is 12.3 Å². The molecule has 1 aliphatic rings. The lowest BCUT2D eigenvalue weighted by Crippen LogP contribution is -2.34. The third-order valence-electron chi connectivity index (χ3n) is 4.08. The van der Waals surface area contributed by atoms with E-state index in [9.17, 15) is 8.42 Å². The summed E-state index contributed by atoms with van der Waals surface area (Å²) in [6, 6.07) is 1.76. The third kappa shape index (κ3) is 2.97. The van der Waals surface area contributed by atoms with Crippen LogP contribution in [0.15, 0.2) is 35.1 Å². The number of fused-ring (bicyclic) bond motifs is 1. The van der Waals surface area contributed by atoms with Gasteiger partial charge in [0.15, 0.2) is 9.86 Å². The summed E-state index contributed by atoms with van der Waals surface area (Å²) in [5, 5.41) is 5.44. The van der Waals surface area contributed by atoms with E-state index in [0.29, 0.717) is 30.2 Å². The first-order valence-corrected chi connectivity index (χ1v) is 10.2. The van der Waals surface area contributed by atoms with Gasteiger partial charge in [-0.25, -0.2) is 22.9 Å². The van der Waals surface area contributed by atoms with Crippen molar-refractivity contribution in [2.24, 2.45) is 0 Å². The lowest BCUT2D eigenvalue weighted by molar-refractivity contribution is 0.442. The van der Waals surface area contributed by atoms with Crippen molar-refractivity contribution in [1.82, 2.24) is 23.9 Å². The third-order valence-corrected chi connectivity index (χ3v) is 7.60. The molecule has 3 aromatic rings. The summed E-state index contributed by atoms with van der Waals surface area (Å²) in [5.74, 6) is 0. The minimum atomic E-state index is -3.50. The fourth-order valence-corrected chi connectivity index (χ4v) is 5.69. The van der Waals surface area contributed by atoms with Gasteiger partial charge in [0.1, 0.15) is 6.33 Å². The van der Waals surface area contributed by atoms with Crippen molar-refractivity contribution >= 4 is 44.2 Å². The topological polar surface area (TPSA) is 80.5 Å². The number of pyridine rings is 1. The summed E-state index contributed by atoms with van der Waals surface area (Å²) in [4.78, 5) is 8.14. The summed E-state index contributed by atoms with van der Waals surface area (Å²) >= 11 is 7.55. The van der Waals surface area contributed by atoms with Crippen molar-refractivity contribution in [3.63, 3.8) is 0 Å². The summed E-state index contributed by atoms with van der Waals surface area (Å²) in [7, 11) is -3.50. The van der Waals surface area contributed by atoms with Crippen molar-refractivity contribution in [2.75, 3.05) is 13.1 Å². The van der Waals surface area contributed by atoms with Crippen LogP contribution in [0.3, 0.4) is 0 Å². The molecule has 130 valence electrons. The maximum Gasteiger partial charge on any atom is 0.254 e. The largest absolute Gasteiger partial charge is 0.254 e. The van der Waals surface area contributed by atoms with E-state index in [1.165, 1.54) is 28.2 Å².